The van der Waals surface area contributed by atoms with Crippen LogP contribution in [0.25, 0.3) is 11.1 Å². The van der Waals surface area contributed by atoms with Crippen molar-refractivity contribution in [2.45, 2.75) is 45.2 Å². The van der Waals surface area contributed by atoms with E-state index in [4.69, 9.17) is 16.0 Å². The summed E-state index contributed by atoms with van der Waals surface area (Å²) in [5, 5.41) is 3.78. The normalized spacial score (nSPS) is 17.7. The lowest BCUT2D eigenvalue weighted by molar-refractivity contribution is 0.0940. The van der Waals surface area contributed by atoms with Crippen molar-refractivity contribution in [1.82, 2.24) is 14.8 Å². The maximum Gasteiger partial charge on any atom is 0.268 e. The number of amides is 1. The van der Waals surface area contributed by atoms with Crippen molar-refractivity contribution in [3.63, 3.8) is 0 Å². The average Bonchev–Trinajstić information content (AvgIpc) is 3.30. The Labute approximate surface area is 176 Å². The minimum absolute atomic E-state index is 0.0739. The first kappa shape index (κ1) is 20.0. The van der Waals surface area contributed by atoms with Crippen LogP contribution in [0.1, 0.15) is 48.7 Å². The van der Waals surface area contributed by atoms with Gasteiger partial charge in [-0.2, -0.15) is 0 Å². The summed E-state index contributed by atoms with van der Waals surface area (Å²) in [5.41, 5.74) is 3.19. The van der Waals surface area contributed by atoms with Crippen LogP contribution in [0.4, 0.5) is 0 Å². The molecule has 2 aromatic heterocycles. The summed E-state index contributed by atoms with van der Waals surface area (Å²) in [6.07, 6.45) is 6.50. The fourth-order valence-corrected chi connectivity index (χ4v) is 4.39. The molecule has 0 radical (unpaired) electrons. The highest BCUT2D eigenvalue weighted by molar-refractivity contribution is 6.31. The molecule has 154 valence electrons. The summed E-state index contributed by atoms with van der Waals surface area (Å²) < 4.78 is 7.51. The van der Waals surface area contributed by atoms with E-state index in [1.54, 1.807) is 6.26 Å². The van der Waals surface area contributed by atoms with Crippen molar-refractivity contribution in [3.05, 3.63) is 58.9 Å². The zero-order valence-electron chi connectivity index (χ0n) is 16.9. The Balaban J connectivity index is 1.42. The number of hydrogen-bond donors (Lipinski definition) is 1. The smallest absolute Gasteiger partial charge is 0.268 e. The van der Waals surface area contributed by atoms with E-state index in [0.717, 1.165) is 24.0 Å². The lowest BCUT2D eigenvalue weighted by Gasteiger charge is -2.33. The summed E-state index contributed by atoms with van der Waals surface area (Å²) in [7, 11) is 0. The van der Waals surface area contributed by atoms with E-state index < -0.39 is 0 Å². The largest absolute Gasteiger partial charge is 0.463 e. The summed E-state index contributed by atoms with van der Waals surface area (Å²) in [6, 6.07) is 12.1. The van der Waals surface area contributed by atoms with Gasteiger partial charge in [-0.3, -0.25) is 4.79 Å². The third-order valence-electron chi connectivity index (χ3n) is 5.89. The Morgan fingerprint density at radius 3 is 2.97 bits per heavy atom. The van der Waals surface area contributed by atoms with Gasteiger partial charge in [0.2, 0.25) is 0 Å². The molecule has 0 bridgehead atoms. The fourth-order valence-electron chi connectivity index (χ4n) is 4.20. The van der Waals surface area contributed by atoms with E-state index >= 15 is 0 Å². The number of nitrogens with zero attached hydrogens (tertiary/aromatic N) is 2. The molecule has 0 saturated carbocycles. The van der Waals surface area contributed by atoms with E-state index in [0.29, 0.717) is 35.4 Å². The van der Waals surface area contributed by atoms with E-state index in [2.05, 4.69) is 17.1 Å². The first-order valence-corrected chi connectivity index (χ1v) is 10.8. The molecule has 1 fully saturated rings. The van der Waals surface area contributed by atoms with Crippen molar-refractivity contribution >= 4 is 28.6 Å². The van der Waals surface area contributed by atoms with Gasteiger partial charge < -0.3 is 19.2 Å². The molecule has 1 amide bonds. The number of rotatable bonds is 7. The number of nitrogens with one attached hydrogen (secondary N) is 1. The molecule has 5 nitrogen and oxygen atoms in total. The second-order valence-electron chi connectivity index (χ2n) is 7.87. The Kier molecular flexibility index (Phi) is 6.26. The third-order valence-corrected chi connectivity index (χ3v) is 6.26. The van der Waals surface area contributed by atoms with E-state index in [1.165, 1.54) is 25.8 Å². The number of hydrogen-bond acceptors (Lipinski definition) is 3. The van der Waals surface area contributed by atoms with Gasteiger partial charge in [-0.1, -0.05) is 36.2 Å². The molecule has 1 atom stereocenters. The highest BCUT2D eigenvalue weighted by atomic mass is 35.5. The van der Waals surface area contributed by atoms with Crippen LogP contribution in [0.3, 0.4) is 0 Å². The molecule has 0 spiro atoms. The van der Waals surface area contributed by atoms with Crippen LogP contribution in [-0.4, -0.2) is 41.1 Å². The molecule has 3 aromatic rings. The van der Waals surface area contributed by atoms with Gasteiger partial charge in [0.1, 0.15) is 5.69 Å². The first-order chi connectivity index (χ1) is 14.1. The molecule has 0 aliphatic carbocycles. The molecule has 1 unspecified atom stereocenters. The second kappa shape index (κ2) is 9.06. The maximum absolute atomic E-state index is 12.9. The lowest BCUT2D eigenvalue weighted by Crippen LogP contribution is -2.39. The number of carbonyl (C=O) groups is 1. The zero-order valence-corrected chi connectivity index (χ0v) is 17.6. The van der Waals surface area contributed by atoms with Crippen molar-refractivity contribution in [2.24, 2.45) is 0 Å². The van der Waals surface area contributed by atoms with Crippen LogP contribution in [0.15, 0.2) is 47.1 Å². The number of piperidine rings is 1. The van der Waals surface area contributed by atoms with E-state index in [-0.39, 0.29) is 5.91 Å². The monoisotopic (exact) mass is 413 g/mol. The van der Waals surface area contributed by atoms with Crippen LogP contribution in [0.2, 0.25) is 5.02 Å². The second-order valence-corrected chi connectivity index (χ2v) is 8.27. The van der Waals surface area contributed by atoms with Gasteiger partial charge in [0.05, 0.1) is 11.8 Å². The van der Waals surface area contributed by atoms with Gasteiger partial charge >= 0.3 is 0 Å². The van der Waals surface area contributed by atoms with Crippen LogP contribution >= 0.6 is 11.6 Å². The number of aromatic nitrogens is 1. The van der Waals surface area contributed by atoms with Gasteiger partial charge in [0.15, 0.2) is 5.58 Å². The predicted octanol–water partition coefficient (Wildman–Crippen LogP) is 4.93. The van der Waals surface area contributed by atoms with Crippen molar-refractivity contribution in [1.29, 1.82) is 0 Å². The third kappa shape index (κ3) is 4.51. The average molecular weight is 414 g/mol. The molecule has 4 rings (SSSR count). The Bertz CT molecular complexity index is 978. The quantitative estimate of drug-likeness (QED) is 0.558. The van der Waals surface area contributed by atoms with Gasteiger partial charge in [-0.25, -0.2) is 0 Å². The SMILES string of the molecule is CC1CCCCN1CCCNC(=O)c1cc2occc2n1Cc1ccccc1Cl. The summed E-state index contributed by atoms with van der Waals surface area (Å²) >= 11 is 6.34. The number of carbonyl (C=O) groups excluding carboxylic acids is 1. The summed E-state index contributed by atoms with van der Waals surface area (Å²) in [4.78, 5) is 15.4. The summed E-state index contributed by atoms with van der Waals surface area (Å²) in [6.45, 7) is 5.70. The Morgan fingerprint density at radius 1 is 1.28 bits per heavy atom. The van der Waals surface area contributed by atoms with Crippen LogP contribution in [0, 0.1) is 0 Å². The number of furan rings is 1. The van der Waals surface area contributed by atoms with Gasteiger partial charge in [0, 0.05) is 42.8 Å². The fraction of sp³-hybridized carbons (Fsp3) is 0.435. The van der Waals surface area contributed by atoms with E-state index in [9.17, 15) is 4.79 Å². The topological polar surface area (TPSA) is 50.4 Å². The Morgan fingerprint density at radius 2 is 2.14 bits per heavy atom. The molecule has 1 aromatic carbocycles. The number of fused-ring (bicyclic) bond motifs is 1. The maximum atomic E-state index is 12.9. The first-order valence-electron chi connectivity index (χ1n) is 10.5. The minimum Gasteiger partial charge on any atom is -0.463 e. The van der Waals surface area contributed by atoms with Crippen LogP contribution < -0.4 is 5.32 Å². The minimum atomic E-state index is -0.0739. The highest BCUT2D eigenvalue weighted by Gasteiger charge is 2.19. The van der Waals surface area contributed by atoms with Crippen molar-refractivity contribution in [3.8, 4) is 0 Å². The molecule has 1 saturated heterocycles. The van der Waals surface area contributed by atoms with Crippen LogP contribution in [-0.2, 0) is 6.54 Å². The van der Waals surface area contributed by atoms with Gasteiger partial charge in [-0.15, -0.1) is 0 Å². The van der Waals surface area contributed by atoms with Crippen molar-refractivity contribution < 1.29 is 9.21 Å². The number of likely N-dealkylation sites (tertiary alicyclic amines) is 1. The van der Waals surface area contributed by atoms with Gasteiger partial charge in [0.25, 0.3) is 5.91 Å². The Hall–Kier alpha value is -2.24. The lowest BCUT2D eigenvalue weighted by atomic mass is 10.0. The molecular weight excluding hydrogens is 386 g/mol. The molecule has 29 heavy (non-hydrogen) atoms. The molecule has 3 heterocycles. The zero-order chi connectivity index (χ0) is 20.2. The highest BCUT2D eigenvalue weighted by Crippen LogP contribution is 2.25. The number of halogens is 1. The van der Waals surface area contributed by atoms with Crippen molar-refractivity contribution in [2.75, 3.05) is 19.6 Å². The number of benzene rings is 1. The van der Waals surface area contributed by atoms with Crippen LogP contribution in [0.5, 0.6) is 0 Å². The van der Waals surface area contributed by atoms with Gasteiger partial charge in [-0.05, 0) is 44.4 Å². The summed E-state index contributed by atoms with van der Waals surface area (Å²) in [5.74, 6) is -0.0739. The molecule has 1 aliphatic heterocycles. The predicted molar refractivity (Wildman–Crippen MR) is 117 cm³/mol. The standard InChI is InChI=1S/C23H28ClN3O2/c1-17-7-4-5-12-26(17)13-6-11-25-23(28)21-15-22-20(10-14-29-22)27(21)16-18-8-2-3-9-19(18)24/h2-3,8-10,14-15,17H,4-7,11-13,16H2,1H3,(H,25,28). The molecular formula is C23H28ClN3O2. The van der Waals surface area contributed by atoms with E-state index in [1.807, 2.05) is 41.0 Å². The molecule has 6 heteroatoms. The molecule has 1 N–H and O–H groups in total. The molecule has 1 aliphatic rings.